The van der Waals surface area contributed by atoms with E-state index in [1.54, 1.807) is 0 Å². The molecule has 12 heavy (non-hydrogen) atoms. The van der Waals surface area contributed by atoms with E-state index in [0.717, 1.165) is 6.07 Å². The van der Waals surface area contributed by atoms with Crippen molar-refractivity contribution >= 4 is 21.5 Å². The van der Waals surface area contributed by atoms with Gasteiger partial charge in [-0.05, 0) is 11.6 Å². The SMILES string of the molecule is C=C(CBr)c1cccc(F)c1F. The number of rotatable bonds is 2. The van der Waals surface area contributed by atoms with E-state index in [4.69, 9.17) is 0 Å². The Bertz CT molecular complexity index is 307. The Labute approximate surface area is 78.0 Å². The van der Waals surface area contributed by atoms with Gasteiger partial charge in [-0.15, -0.1) is 0 Å². The van der Waals surface area contributed by atoms with Crippen LogP contribution in [0.5, 0.6) is 0 Å². The quantitative estimate of drug-likeness (QED) is 0.687. The van der Waals surface area contributed by atoms with E-state index in [9.17, 15) is 8.78 Å². The van der Waals surface area contributed by atoms with Crippen molar-refractivity contribution in [3.8, 4) is 0 Å². The van der Waals surface area contributed by atoms with Crippen LogP contribution in [0.4, 0.5) is 8.78 Å². The maximum absolute atomic E-state index is 13.0. The lowest BCUT2D eigenvalue weighted by Crippen LogP contribution is -1.92. The fraction of sp³-hybridized carbons (Fsp3) is 0.111. The summed E-state index contributed by atoms with van der Waals surface area (Å²) in [7, 11) is 0. The summed E-state index contributed by atoms with van der Waals surface area (Å²) in [5.41, 5.74) is 0.763. The lowest BCUT2D eigenvalue weighted by Gasteiger charge is -2.03. The first kappa shape index (κ1) is 9.39. The van der Waals surface area contributed by atoms with E-state index in [1.807, 2.05) is 0 Å². The largest absolute Gasteiger partial charge is 0.204 e. The maximum Gasteiger partial charge on any atom is 0.166 e. The van der Waals surface area contributed by atoms with Crippen LogP contribution in [0, 0.1) is 11.6 Å². The van der Waals surface area contributed by atoms with Gasteiger partial charge in [-0.3, -0.25) is 0 Å². The molecule has 3 heteroatoms. The molecule has 0 nitrogen and oxygen atoms in total. The molecule has 0 N–H and O–H groups in total. The molecule has 0 heterocycles. The summed E-state index contributed by atoms with van der Waals surface area (Å²) in [5.74, 6) is -1.67. The molecule has 0 saturated carbocycles. The van der Waals surface area contributed by atoms with Crippen molar-refractivity contribution in [3.63, 3.8) is 0 Å². The van der Waals surface area contributed by atoms with E-state index in [-0.39, 0.29) is 5.56 Å². The molecule has 64 valence electrons. The van der Waals surface area contributed by atoms with Crippen molar-refractivity contribution in [2.45, 2.75) is 0 Å². The molecule has 1 aromatic rings. The second-order valence-corrected chi connectivity index (χ2v) is 2.90. The van der Waals surface area contributed by atoms with Crippen LogP contribution < -0.4 is 0 Å². The zero-order chi connectivity index (χ0) is 9.14. The Balaban J connectivity index is 3.16. The molecule has 0 spiro atoms. The monoisotopic (exact) mass is 232 g/mol. The van der Waals surface area contributed by atoms with Crippen molar-refractivity contribution in [2.75, 3.05) is 5.33 Å². The van der Waals surface area contributed by atoms with E-state index >= 15 is 0 Å². The Morgan fingerprint density at radius 2 is 2.08 bits per heavy atom. The topological polar surface area (TPSA) is 0 Å². The van der Waals surface area contributed by atoms with Crippen LogP contribution in [-0.2, 0) is 0 Å². The van der Waals surface area contributed by atoms with Crippen molar-refractivity contribution in [1.82, 2.24) is 0 Å². The number of alkyl halides is 1. The van der Waals surface area contributed by atoms with Gasteiger partial charge in [0.1, 0.15) is 0 Å². The standard InChI is InChI=1S/C9H7BrF2/c1-6(5-10)7-3-2-4-8(11)9(7)12/h2-4H,1,5H2. The molecule has 1 aromatic carbocycles. The molecule has 0 atom stereocenters. The minimum absolute atomic E-state index is 0.229. The molecular weight excluding hydrogens is 226 g/mol. The first-order valence-electron chi connectivity index (χ1n) is 3.35. The third-order valence-corrected chi connectivity index (χ3v) is 2.17. The van der Waals surface area contributed by atoms with Crippen LogP contribution in [0.25, 0.3) is 5.57 Å². The average molecular weight is 233 g/mol. The molecule has 0 amide bonds. The molecule has 0 aliphatic heterocycles. The molecule has 0 saturated heterocycles. The average Bonchev–Trinajstić information content (AvgIpc) is 2.08. The van der Waals surface area contributed by atoms with Gasteiger partial charge in [0.25, 0.3) is 0 Å². The summed E-state index contributed by atoms with van der Waals surface area (Å²) in [6.45, 7) is 3.59. The lowest BCUT2D eigenvalue weighted by molar-refractivity contribution is 0.506. The highest BCUT2D eigenvalue weighted by Gasteiger charge is 2.08. The Morgan fingerprint density at radius 1 is 1.42 bits per heavy atom. The fourth-order valence-electron chi connectivity index (χ4n) is 0.849. The summed E-state index contributed by atoms with van der Waals surface area (Å²) in [4.78, 5) is 0. The van der Waals surface area contributed by atoms with Crippen molar-refractivity contribution in [2.24, 2.45) is 0 Å². The van der Waals surface area contributed by atoms with Gasteiger partial charge in [-0.2, -0.15) is 0 Å². The maximum atomic E-state index is 13.0. The van der Waals surface area contributed by atoms with Crippen LogP contribution in [0.1, 0.15) is 5.56 Å². The van der Waals surface area contributed by atoms with E-state index < -0.39 is 11.6 Å². The van der Waals surface area contributed by atoms with E-state index in [1.165, 1.54) is 12.1 Å². The molecule has 1 rings (SSSR count). The highest BCUT2D eigenvalue weighted by Crippen LogP contribution is 2.19. The summed E-state index contributed by atoms with van der Waals surface area (Å²) in [5, 5.41) is 0.438. The number of halogens is 3. The normalized spacial score (nSPS) is 9.92. The minimum atomic E-state index is -0.838. The summed E-state index contributed by atoms with van der Waals surface area (Å²) in [6, 6.07) is 4.05. The van der Waals surface area contributed by atoms with Gasteiger partial charge in [-0.25, -0.2) is 8.78 Å². The molecule has 0 aromatic heterocycles. The first-order valence-corrected chi connectivity index (χ1v) is 4.47. The van der Waals surface area contributed by atoms with Crippen LogP contribution in [0.3, 0.4) is 0 Å². The van der Waals surface area contributed by atoms with Crippen LogP contribution in [0.2, 0.25) is 0 Å². The summed E-state index contributed by atoms with van der Waals surface area (Å²) in [6.07, 6.45) is 0. The highest BCUT2D eigenvalue weighted by molar-refractivity contribution is 9.09. The van der Waals surface area contributed by atoms with Gasteiger partial charge in [0, 0.05) is 10.9 Å². The lowest BCUT2D eigenvalue weighted by atomic mass is 10.1. The van der Waals surface area contributed by atoms with E-state index in [0.29, 0.717) is 10.9 Å². The predicted molar refractivity (Wildman–Crippen MR) is 49.2 cm³/mol. The number of allylic oxidation sites excluding steroid dienone is 1. The van der Waals surface area contributed by atoms with Crippen LogP contribution in [-0.4, -0.2) is 5.33 Å². The second-order valence-electron chi connectivity index (χ2n) is 2.34. The Hall–Kier alpha value is -0.700. The van der Waals surface area contributed by atoms with Gasteiger partial charge in [0.05, 0.1) is 0 Å². The van der Waals surface area contributed by atoms with Gasteiger partial charge in [0.15, 0.2) is 11.6 Å². The summed E-state index contributed by atoms with van der Waals surface area (Å²) >= 11 is 3.12. The third kappa shape index (κ3) is 1.72. The third-order valence-electron chi connectivity index (χ3n) is 1.49. The molecule has 0 bridgehead atoms. The molecular formula is C9H7BrF2. The number of hydrogen-bond donors (Lipinski definition) is 0. The van der Waals surface area contributed by atoms with Crippen molar-refractivity contribution in [3.05, 3.63) is 42.0 Å². The molecule has 0 fully saturated rings. The molecule has 0 radical (unpaired) electrons. The van der Waals surface area contributed by atoms with Crippen LogP contribution >= 0.6 is 15.9 Å². The fourth-order valence-corrected chi connectivity index (χ4v) is 1.15. The van der Waals surface area contributed by atoms with Crippen molar-refractivity contribution < 1.29 is 8.78 Å². The van der Waals surface area contributed by atoms with Gasteiger partial charge >= 0.3 is 0 Å². The van der Waals surface area contributed by atoms with Gasteiger partial charge < -0.3 is 0 Å². The smallest absolute Gasteiger partial charge is 0.166 e. The molecule has 0 aliphatic carbocycles. The number of hydrogen-bond acceptors (Lipinski definition) is 0. The minimum Gasteiger partial charge on any atom is -0.204 e. The second kappa shape index (κ2) is 3.81. The number of benzene rings is 1. The summed E-state index contributed by atoms with van der Waals surface area (Å²) < 4.78 is 25.6. The Morgan fingerprint density at radius 3 is 2.67 bits per heavy atom. The van der Waals surface area contributed by atoms with E-state index in [2.05, 4.69) is 22.5 Å². The van der Waals surface area contributed by atoms with Gasteiger partial charge in [0.2, 0.25) is 0 Å². The molecule has 0 unspecified atom stereocenters. The highest BCUT2D eigenvalue weighted by atomic mass is 79.9. The van der Waals surface area contributed by atoms with Gasteiger partial charge in [-0.1, -0.05) is 34.6 Å². The zero-order valence-corrected chi connectivity index (χ0v) is 7.87. The predicted octanol–water partition coefficient (Wildman–Crippen LogP) is 3.37. The van der Waals surface area contributed by atoms with Crippen LogP contribution in [0.15, 0.2) is 24.8 Å². The zero-order valence-electron chi connectivity index (χ0n) is 6.28. The first-order chi connectivity index (χ1) is 5.66. The molecule has 0 aliphatic rings. The van der Waals surface area contributed by atoms with Crippen molar-refractivity contribution in [1.29, 1.82) is 0 Å². The Kier molecular flexibility index (Phi) is 2.98.